The number of ether oxygens (including phenoxy) is 2. The molecule has 0 fully saturated rings. The maximum atomic E-state index is 12.2. The summed E-state index contributed by atoms with van der Waals surface area (Å²) in [4.78, 5) is 31.4. The average Bonchev–Trinajstić information content (AvgIpc) is 2.86. The molecule has 0 spiro atoms. The van der Waals surface area contributed by atoms with Crippen molar-refractivity contribution in [1.82, 2.24) is 0 Å². The van der Waals surface area contributed by atoms with E-state index in [2.05, 4.69) is 15.3 Å². The predicted octanol–water partition coefficient (Wildman–Crippen LogP) is 0.304. The van der Waals surface area contributed by atoms with E-state index in [1.54, 1.807) is 18.2 Å². The van der Waals surface area contributed by atoms with Crippen molar-refractivity contribution in [3.05, 3.63) is 18.2 Å². The molecule has 1 aliphatic heterocycles. The van der Waals surface area contributed by atoms with Crippen LogP contribution in [0.15, 0.2) is 28.2 Å². The monoisotopic (exact) mass is 351 g/mol. The van der Waals surface area contributed by atoms with E-state index in [0.717, 1.165) is 11.8 Å². The zero-order valence-corrected chi connectivity index (χ0v) is 13.9. The van der Waals surface area contributed by atoms with Crippen LogP contribution in [0.3, 0.4) is 0 Å². The molecule has 128 valence electrons. The first-order chi connectivity index (χ1) is 11.4. The third-order valence-corrected chi connectivity index (χ3v) is 4.05. The summed E-state index contributed by atoms with van der Waals surface area (Å²) < 4.78 is 10.3. The van der Waals surface area contributed by atoms with Crippen molar-refractivity contribution in [1.29, 1.82) is 0 Å². The van der Waals surface area contributed by atoms with E-state index in [9.17, 15) is 9.59 Å². The molecule has 1 atom stereocenters. The van der Waals surface area contributed by atoms with Gasteiger partial charge in [-0.25, -0.2) is 0 Å². The van der Waals surface area contributed by atoms with Gasteiger partial charge >= 0.3 is 0 Å². The third-order valence-electron chi connectivity index (χ3n) is 3.01. The molecule has 1 heterocycles. The Morgan fingerprint density at radius 3 is 2.75 bits per heavy atom. The number of guanidine groups is 1. The molecule has 0 aliphatic carbocycles. The van der Waals surface area contributed by atoms with Gasteiger partial charge in [-0.3, -0.25) is 9.59 Å². The van der Waals surface area contributed by atoms with Gasteiger partial charge in [0, 0.05) is 12.5 Å². The molecule has 0 radical (unpaired) electrons. The number of hydrogen-bond donors (Lipinski definition) is 3. The van der Waals surface area contributed by atoms with Gasteiger partial charge in [0.1, 0.15) is 16.7 Å². The highest BCUT2D eigenvalue weighted by atomic mass is 32.2. The van der Waals surface area contributed by atoms with E-state index in [0.29, 0.717) is 17.2 Å². The number of benzene rings is 1. The number of anilines is 1. The predicted molar refractivity (Wildman–Crippen MR) is 92.4 cm³/mol. The number of methoxy groups -OCH3 is 2. The van der Waals surface area contributed by atoms with Crippen molar-refractivity contribution in [2.45, 2.75) is 11.7 Å². The molecule has 0 aromatic heterocycles. The van der Waals surface area contributed by atoms with Crippen LogP contribution in [0.25, 0.3) is 0 Å². The highest BCUT2D eigenvalue weighted by molar-refractivity contribution is 8.15. The summed E-state index contributed by atoms with van der Waals surface area (Å²) in [6.07, 6.45) is -0.0638. The number of nitrogens with two attached hydrogens (primary N) is 2. The lowest BCUT2D eigenvalue weighted by atomic mass is 10.2. The third kappa shape index (κ3) is 4.38. The number of aliphatic imine (C=N–C) groups is 2. The van der Waals surface area contributed by atoms with Crippen molar-refractivity contribution in [3.63, 3.8) is 0 Å². The Labute approximate surface area is 142 Å². The fraction of sp³-hybridized carbons (Fsp3) is 0.286. The second-order valence-electron chi connectivity index (χ2n) is 4.69. The molecule has 0 bridgehead atoms. The Kier molecular flexibility index (Phi) is 5.64. The lowest BCUT2D eigenvalue weighted by Crippen LogP contribution is -2.23. The van der Waals surface area contributed by atoms with E-state index in [1.165, 1.54) is 14.2 Å². The second-order valence-corrected chi connectivity index (χ2v) is 5.86. The summed E-state index contributed by atoms with van der Waals surface area (Å²) in [7, 11) is 3.01. The van der Waals surface area contributed by atoms with E-state index in [-0.39, 0.29) is 23.5 Å². The van der Waals surface area contributed by atoms with Gasteiger partial charge in [0.15, 0.2) is 11.1 Å². The number of thioether (sulfide) groups is 1. The number of amidine groups is 1. The molecule has 0 saturated carbocycles. The molecule has 9 nitrogen and oxygen atoms in total. The molecule has 2 rings (SSSR count). The first kappa shape index (κ1) is 17.6. The topological polar surface area (TPSA) is 141 Å². The van der Waals surface area contributed by atoms with Gasteiger partial charge in [0.2, 0.25) is 5.91 Å². The molecular weight excluding hydrogens is 334 g/mol. The number of amides is 2. The SMILES string of the molecule is COc1ccc(NC(=O)C[C@@H]2SC(N=C(N)N)=NC2=O)c(OC)c1. The zero-order valence-electron chi connectivity index (χ0n) is 13.1. The van der Waals surface area contributed by atoms with Gasteiger partial charge in [-0.1, -0.05) is 11.8 Å². The molecule has 0 unspecified atom stereocenters. The van der Waals surface area contributed by atoms with Gasteiger partial charge in [-0.2, -0.15) is 9.98 Å². The minimum absolute atomic E-state index is 0.0638. The van der Waals surface area contributed by atoms with Crippen molar-refractivity contribution in [2.75, 3.05) is 19.5 Å². The van der Waals surface area contributed by atoms with Gasteiger partial charge in [-0.05, 0) is 12.1 Å². The maximum absolute atomic E-state index is 12.2. The quantitative estimate of drug-likeness (QED) is 0.512. The number of nitrogens with zero attached hydrogens (tertiary/aromatic N) is 2. The summed E-state index contributed by atoms with van der Waals surface area (Å²) in [6.45, 7) is 0. The summed E-state index contributed by atoms with van der Waals surface area (Å²) in [5, 5.41) is 2.19. The molecular formula is C14H17N5O4S. The lowest BCUT2D eigenvalue weighted by Gasteiger charge is -2.12. The Morgan fingerprint density at radius 2 is 2.12 bits per heavy atom. The van der Waals surface area contributed by atoms with Crippen molar-refractivity contribution in [3.8, 4) is 11.5 Å². The van der Waals surface area contributed by atoms with Crippen molar-refractivity contribution >= 4 is 40.4 Å². The Morgan fingerprint density at radius 1 is 1.38 bits per heavy atom. The summed E-state index contributed by atoms with van der Waals surface area (Å²) in [6, 6.07) is 4.99. The number of rotatable bonds is 5. The summed E-state index contributed by atoms with van der Waals surface area (Å²) in [5.74, 6) is 0.0524. The van der Waals surface area contributed by atoms with E-state index < -0.39 is 11.2 Å². The number of carbonyl (C=O) groups excluding carboxylic acids is 2. The smallest absolute Gasteiger partial charge is 0.262 e. The largest absolute Gasteiger partial charge is 0.497 e. The van der Waals surface area contributed by atoms with Crippen LogP contribution in [0.5, 0.6) is 11.5 Å². The minimum Gasteiger partial charge on any atom is -0.497 e. The highest BCUT2D eigenvalue weighted by Gasteiger charge is 2.30. The first-order valence-corrected chi connectivity index (χ1v) is 7.71. The Balaban J connectivity index is 2.00. The van der Waals surface area contributed by atoms with Gasteiger partial charge in [-0.15, -0.1) is 0 Å². The van der Waals surface area contributed by atoms with Crippen LogP contribution in [0.4, 0.5) is 5.69 Å². The minimum atomic E-state index is -0.660. The van der Waals surface area contributed by atoms with Crippen LogP contribution >= 0.6 is 11.8 Å². The number of hydrogen-bond acceptors (Lipinski definition) is 6. The van der Waals surface area contributed by atoms with Crippen LogP contribution in [-0.2, 0) is 9.59 Å². The normalized spacial score (nSPS) is 16.3. The molecule has 2 amide bonds. The van der Waals surface area contributed by atoms with Crippen LogP contribution in [0, 0.1) is 0 Å². The average molecular weight is 351 g/mol. The molecule has 0 saturated heterocycles. The highest BCUT2D eigenvalue weighted by Crippen LogP contribution is 2.30. The number of carbonyl (C=O) groups is 2. The van der Waals surface area contributed by atoms with Crippen LogP contribution in [0.2, 0.25) is 0 Å². The maximum Gasteiger partial charge on any atom is 0.262 e. The zero-order chi connectivity index (χ0) is 17.7. The Hall–Kier alpha value is -2.75. The van der Waals surface area contributed by atoms with Crippen molar-refractivity contribution in [2.24, 2.45) is 21.5 Å². The molecule has 1 aliphatic rings. The van der Waals surface area contributed by atoms with Crippen LogP contribution in [-0.4, -0.2) is 42.4 Å². The summed E-state index contributed by atoms with van der Waals surface area (Å²) in [5.41, 5.74) is 11.0. The second kappa shape index (κ2) is 7.68. The fourth-order valence-electron chi connectivity index (χ4n) is 1.93. The van der Waals surface area contributed by atoms with Gasteiger partial charge in [0.25, 0.3) is 5.91 Å². The van der Waals surface area contributed by atoms with E-state index in [4.69, 9.17) is 20.9 Å². The lowest BCUT2D eigenvalue weighted by molar-refractivity contribution is -0.121. The van der Waals surface area contributed by atoms with E-state index in [1.807, 2.05) is 0 Å². The number of nitrogens with one attached hydrogen (secondary N) is 1. The molecule has 24 heavy (non-hydrogen) atoms. The van der Waals surface area contributed by atoms with Crippen LogP contribution < -0.4 is 26.3 Å². The van der Waals surface area contributed by atoms with Crippen molar-refractivity contribution < 1.29 is 19.1 Å². The molecule has 5 N–H and O–H groups in total. The standard InChI is InChI=1S/C14H17N5O4S/c1-22-7-3-4-8(9(5-7)23-2)17-11(20)6-10-12(21)18-14(24-10)19-13(15)16/h3-5,10H,6H2,1-2H3,(H,17,20)(H4,15,16,18,19,21)/t10-/m0/s1. The van der Waals surface area contributed by atoms with Crippen LogP contribution in [0.1, 0.15) is 6.42 Å². The Bertz CT molecular complexity index is 715. The van der Waals surface area contributed by atoms with Gasteiger partial charge in [0.05, 0.1) is 19.9 Å². The molecule has 10 heteroatoms. The first-order valence-electron chi connectivity index (χ1n) is 6.83. The fourth-order valence-corrected chi connectivity index (χ4v) is 2.88. The van der Waals surface area contributed by atoms with Gasteiger partial charge < -0.3 is 26.3 Å². The molecule has 1 aromatic rings. The summed E-state index contributed by atoms with van der Waals surface area (Å²) >= 11 is 1.04. The van der Waals surface area contributed by atoms with E-state index >= 15 is 0 Å². The molecule has 1 aromatic carbocycles.